The second-order valence-corrected chi connectivity index (χ2v) is 8.92. The largest absolute Gasteiger partial charge is 0.466 e. The summed E-state index contributed by atoms with van der Waals surface area (Å²) in [7, 11) is 0. The van der Waals surface area contributed by atoms with Crippen LogP contribution in [0, 0.1) is 18.7 Å². The summed E-state index contributed by atoms with van der Waals surface area (Å²) in [4.78, 5) is 28.3. The van der Waals surface area contributed by atoms with Gasteiger partial charge in [0.1, 0.15) is 11.5 Å². The fraction of sp³-hybridized carbons (Fsp3) is 0.391. The minimum absolute atomic E-state index is 0.0744. The van der Waals surface area contributed by atoms with Gasteiger partial charge in [0.25, 0.3) is 5.91 Å². The molecule has 4 rings (SSSR count). The smallest absolute Gasteiger partial charge is 0.309 e. The molecule has 7 heteroatoms. The Kier molecular flexibility index (Phi) is 5.90. The maximum Gasteiger partial charge on any atom is 0.309 e. The van der Waals surface area contributed by atoms with Gasteiger partial charge in [-0.05, 0) is 44.9 Å². The molecule has 1 fully saturated rings. The highest BCUT2D eigenvalue weighted by Gasteiger charge is 2.30. The van der Waals surface area contributed by atoms with Gasteiger partial charge >= 0.3 is 5.97 Å². The van der Waals surface area contributed by atoms with Gasteiger partial charge in [-0.2, -0.15) is 0 Å². The van der Waals surface area contributed by atoms with Crippen molar-refractivity contribution in [2.75, 3.05) is 19.7 Å². The van der Waals surface area contributed by atoms with E-state index in [2.05, 4.69) is 0 Å². The number of aromatic nitrogens is 1. The maximum absolute atomic E-state index is 14.3. The lowest BCUT2D eigenvalue weighted by Gasteiger charge is -2.31. The molecule has 2 aromatic heterocycles. The Morgan fingerprint density at radius 1 is 1.20 bits per heavy atom. The summed E-state index contributed by atoms with van der Waals surface area (Å²) in [5, 5.41) is 0. The summed E-state index contributed by atoms with van der Waals surface area (Å²) in [6, 6.07) is 10.6. The first kappa shape index (κ1) is 20.6. The van der Waals surface area contributed by atoms with E-state index in [1.807, 2.05) is 23.6 Å². The number of carbonyl (C=O) groups excluding carboxylic acids is 2. The molecule has 1 aliphatic heterocycles. The quantitative estimate of drug-likeness (QED) is 0.558. The van der Waals surface area contributed by atoms with Gasteiger partial charge in [-0.25, -0.2) is 4.39 Å². The van der Waals surface area contributed by atoms with Crippen molar-refractivity contribution in [2.45, 2.75) is 33.2 Å². The topological polar surface area (TPSA) is 51.5 Å². The van der Waals surface area contributed by atoms with Gasteiger partial charge in [-0.3, -0.25) is 9.59 Å². The maximum atomic E-state index is 14.3. The number of ether oxygens (including phenoxy) is 1. The molecule has 0 bridgehead atoms. The number of thiophene rings is 1. The third-order valence-electron chi connectivity index (χ3n) is 5.62. The van der Waals surface area contributed by atoms with Crippen molar-refractivity contribution in [3.63, 3.8) is 0 Å². The van der Waals surface area contributed by atoms with E-state index in [4.69, 9.17) is 4.74 Å². The summed E-state index contributed by atoms with van der Waals surface area (Å²) in [6.45, 7) is 5.53. The van der Waals surface area contributed by atoms with E-state index in [9.17, 15) is 14.0 Å². The van der Waals surface area contributed by atoms with Gasteiger partial charge in [0.15, 0.2) is 0 Å². The minimum Gasteiger partial charge on any atom is -0.466 e. The average molecular weight is 429 g/mol. The molecule has 158 valence electrons. The number of amides is 1. The van der Waals surface area contributed by atoms with Gasteiger partial charge in [-0.15, -0.1) is 11.3 Å². The van der Waals surface area contributed by atoms with Crippen LogP contribution >= 0.6 is 11.3 Å². The van der Waals surface area contributed by atoms with Crippen LogP contribution < -0.4 is 0 Å². The zero-order chi connectivity index (χ0) is 21.3. The van der Waals surface area contributed by atoms with Crippen molar-refractivity contribution in [2.24, 2.45) is 5.92 Å². The molecular weight excluding hydrogens is 403 g/mol. The number of likely N-dealkylation sites (tertiary alicyclic amines) is 1. The van der Waals surface area contributed by atoms with Gasteiger partial charge in [0.05, 0.1) is 29.3 Å². The van der Waals surface area contributed by atoms with Crippen LogP contribution in [-0.2, 0) is 16.1 Å². The molecule has 0 spiro atoms. The van der Waals surface area contributed by atoms with Crippen molar-refractivity contribution in [1.82, 2.24) is 9.47 Å². The number of fused-ring (bicyclic) bond motifs is 1. The molecule has 0 unspecified atom stereocenters. The van der Waals surface area contributed by atoms with Gasteiger partial charge in [-0.1, -0.05) is 18.2 Å². The standard InChI is InChI=1S/C23H25FN2O3S/c1-3-29-23(28)16-8-10-25(11-9-16)22(27)20-13-21-19(12-15(2)30-21)26(20)14-17-6-4-5-7-18(17)24/h4-7,12-13,16H,3,8-11,14H2,1-2H3. The highest BCUT2D eigenvalue weighted by Crippen LogP contribution is 2.31. The molecule has 3 heterocycles. The number of hydrogen-bond acceptors (Lipinski definition) is 4. The Hall–Kier alpha value is -2.67. The van der Waals surface area contributed by atoms with E-state index >= 15 is 0 Å². The van der Waals surface area contributed by atoms with E-state index < -0.39 is 0 Å². The number of halogens is 1. The lowest BCUT2D eigenvalue weighted by molar-refractivity contribution is -0.149. The molecule has 30 heavy (non-hydrogen) atoms. The van der Waals surface area contributed by atoms with Crippen LogP contribution in [0.2, 0.25) is 0 Å². The van der Waals surface area contributed by atoms with E-state index in [0.717, 1.165) is 15.1 Å². The Morgan fingerprint density at radius 2 is 1.93 bits per heavy atom. The van der Waals surface area contributed by atoms with Crippen LogP contribution in [0.5, 0.6) is 0 Å². The molecule has 3 aromatic rings. The zero-order valence-electron chi connectivity index (χ0n) is 17.2. The van der Waals surface area contributed by atoms with E-state index in [0.29, 0.717) is 50.3 Å². The first-order chi connectivity index (χ1) is 14.5. The predicted molar refractivity (Wildman–Crippen MR) is 115 cm³/mol. The number of nitrogens with zero attached hydrogens (tertiary/aromatic N) is 2. The van der Waals surface area contributed by atoms with E-state index in [1.165, 1.54) is 6.07 Å². The first-order valence-electron chi connectivity index (χ1n) is 10.3. The second-order valence-electron chi connectivity index (χ2n) is 7.63. The van der Waals surface area contributed by atoms with Crippen LogP contribution in [0.4, 0.5) is 4.39 Å². The number of aryl methyl sites for hydroxylation is 1. The molecule has 1 aliphatic rings. The lowest BCUT2D eigenvalue weighted by atomic mass is 9.97. The van der Waals surface area contributed by atoms with Crippen LogP contribution in [0.15, 0.2) is 36.4 Å². The SMILES string of the molecule is CCOC(=O)C1CCN(C(=O)c2cc3sc(C)cc3n2Cc2ccccc2F)CC1. The fourth-order valence-electron chi connectivity index (χ4n) is 4.05. The molecule has 5 nitrogen and oxygen atoms in total. The zero-order valence-corrected chi connectivity index (χ0v) is 18.0. The molecule has 0 aliphatic carbocycles. The summed E-state index contributed by atoms with van der Waals surface area (Å²) in [6.07, 6.45) is 1.21. The number of esters is 1. The van der Waals surface area contributed by atoms with Gasteiger partial charge in [0.2, 0.25) is 0 Å². The monoisotopic (exact) mass is 428 g/mol. The molecule has 0 saturated carbocycles. The predicted octanol–water partition coefficient (Wildman–Crippen LogP) is 4.61. The second kappa shape index (κ2) is 8.60. The number of carbonyl (C=O) groups is 2. The first-order valence-corrected chi connectivity index (χ1v) is 11.1. The number of benzene rings is 1. The van der Waals surface area contributed by atoms with Gasteiger partial charge in [0, 0.05) is 23.5 Å². The summed E-state index contributed by atoms with van der Waals surface area (Å²) < 4.78 is 22.4. The van der Waals surface area contributed by atoms with Gasteiger partial charge < -0.3 is 14.2 Å². The average Bonchev–Trinajstić information content (AvgIpc) is 3.26. The Labute approximate surface area is 179 Å². The Balaban J connectivity index is 1.59. The van der Waals surface area contributed by atoms with Crippen molar-refractivity contribution < 1.29 is 18.7 Å². The van der Waals surface area contributed by atoms with E-state index in [1.54, 1.807) is 41.4 Å². The highest BCUT2D eigenvalue weighted by atomic mass is 32.1. The molecule has 0 atom stereocenters. The third-order valence-corrected chi connectivity index (χ3v) is 6.61. The molecule has 1 aromatic carbocycles. The van der Waals surface area contributed by atoms with Crippen LogP contribution in [0.1, 0.15) is 40.7 Å². The third kappa shape index (κ3) is 3.99. The van der Waals surface area contributed by atoms with Crippen LogP contribution in [-0.4, -0.2) is 41.0 Å². The van der Waals surface area contributed by atoms with Crippen LogP contribution in [0.25, 0.3) is 10.2 Å². The Morgan fingerprint density at radius 3 is 2.63 bits per heavy atom. The fourth-order valence-corrected chi connectivity index (χ4v) is 5.01. The summed E-state index contributed by atoms with van der Waals surface area (Å²) in [5.74, 6) is -0.677. The van der Waals surface area contributed by atoms with Crippen molar-refractivity contribution >= 4 is 33.4 Å². The summed E-state index contributed by atoms with van der Waals surface area (Å²) >= 11 is 1.63. The van der Waals surface area contributed by atoms with Crippen molar-refractivity contribution in [3.8, 4) is 0 Å². The van der Waals surface area contributed by atoms with E-state index in [-0.39, 0.29) is 23.6 Å². The summed E-state index contributed by atoms with van der Waals surface area (Å²) in [5.41, 5.74) is 2.06. The highest BCUT2D eigenvalue weighted by molar-refractivity contribution is 7.19. The van der Waals surface area contributed by atoms with Crippen LogP contribution in [0.3, 0.4) is 0 Å². The molecular formula is C23H25FN2O3S. The minimum atomic E-state index is -0.278. The van der Waals surface area contributed by atoms with Crippen molar-refractivity contribution in [1.29, 1.82) is 0 Å². The molecule has 1 saturated heterocycles. The molecule has 1 amide bonds. The molecule has 0 N–H and O–H groups in total. The number of rotatable bonds is 5. The lowest BCUT2D eigenvalue weighted by Crippen LogP contribution is -2.41. The number of hydrogen-bond donors (Lipinski definition) is 0. The number of piperidine rings is 1. The Bertz CT molecular complexity index is 1080. The molecule has 0 radical (unpaired) electrons. The van der Waals surface area contributed by atoms with Crippen molar-refractivity contribution in [3.05, 3.63) is 58.3 Å². The normalized spacial score (nSPS) is 15.0.